The Balaban J connectivity index is 2.56. The van der Waals surface area contributed by atoms with Gasteiger partial charge in [-0.1, -0.05) is 20.8 Å². The molecular formula is C14H25NOS. The lowest BCUT2D eigenvalue weighted by Crippen LogP contribution is -2.39. The van der Waals surface area contributed by atoms with Gasteiger partial charge in [-0.3, -0.25) is 0 Å². The first-order valence-corrected chi connectivity index (χ1v) is 7.01. The second kappa shape index (κ2) is 5.51. The molecule has 0 saturated carbocycles. The van der Waals surface area contributed by atoms with E-state index >= 15 is 0 Å². The monoisotopic (exact) mass is 255 g/mol. The molecule has 0 unspecified atom stereocenters. The van der Waals surface area contributed by atoms with Gasteiger partial charge >= 0.3 is 0 Å². The zero-order valence-corrected chi connectivity index (χ0v) is 12.4. The SMILES string of the molecule is CC(C)(CCO)NCc1ccc(C(C)(C)C)s1. The molecule has 2 nitrogen and oxygen atoms in total. The van der Waals surface area contributed by atoms with Crippen molar-refractivity contribution < 1.29 is 5.11 Å². The van der Waals surface area contributed by atoms with Crippen molar-refractivity contribution in [1.82, 2.24) is 5.32 Å². The summed E-state index contributed by atoms with van der Waals surface area (Å²) >= 11 is 1.87. The van der Waals surface area contributed by atoms with E-state index in [1.165, 1.54) is 9.75 Å². The second-order valence-electron chi connectivity index (χ2n) is 6.23. The average molecular weight is 255 g/mol. The largest absolute Gasteiger partial charge is 0.396 e. The predicted octanol–water partition coefficient (Wildman–Crippen LogP) is 3.30. The lowest BCUT2D eigenvalue weighted by Gasteiger charge is -2.25. The predicted molar refractivity (Wildman–Crippen MR) is 75.6 cm³/mol. The third-order valence-electron chi connectivity index (χ3n) is 2.88. The number of rotatable bonds is 5. The summed E-state index contributed by atoms with van der Waals surface area (Å²) in [6.45, 7) is 12.1. The molecule has 0 aliphatic heterocycles. The Bertz CT molecular complexity index is 349. The molecule has 0 aromatic carbocycles. The first kappa shape index (κ1) is 14.7. The zero-order chi connectivity index (χ0) is 13.1. The van der Waals surface area contributed by atoms with Crippen molar-refractivity contribution in [2.75, 3.05) is 6.61 Å². The smallest absolute Gasteiger partial charge is 0.0448 e. The summed E-state index contributed by atoms with van der Waals surface area (Å²) in [4.78, 5) is 2.79. The van der Waals surface area contributed by atoms with E-state index in [1.54, 1.807) is 0 Å². The third kappa shape index (κ3) is 4.78. The van der Waals surface area contributed by atoms with Gasteiger partial charge in [0.1, 0.15) is 0 Å². The molecule has 1 rings (SSSR count). The molecule has 1 aromatic rings. The summed E-state index contributed by atoms with van der Waals surface area (Å²) in [5.74, 6) is 0. The Morgan fingerprint density at radius 1 is 1.18 bits per heavy atom. The van der Waals surface area contributed by atoms with Crippen LogP contribution in [0.3, 0.4) is 0 Å². The average Bonchev–Trinajstić information content (AvgIpc) is 2.62. The fourth-order valence-electron chi connectivity index (χ4n) is 1.57. The molecule has 0 aliphatic rings. The van der Waals surface area contributed by atoms with E-state index in [0.29, 0.717) is 0 Å². The van der Waals surface area contributed by atoms with Gasteiger partial charge in [0, 0.05) is 28.4 Å². The van der Waals surface area contributed by atoms with Crippen LogP contribution in [0.1, 0.15) is 50.8 Å². The van der Waals surface area contributed by atoms with Gasteiger partial charge in [-0.2, -0.15) is 0 Å². The maximum absolute atomic E-state index is 8.97. The Morgan fingerprint density at radius 3 is 2.29 bits per heavy atom. The maximum Gasteiger partial charge on any atom is 0.0448 e. The number of aliphatic hydroxyl groups excluding tert-OH is 1. The van der Waals surface area contributed by atoms with E-state index in [4.69, 9.17) is 5.11 Å². The molecule has 1 aromatic heterocycles. The van der Waals surface area contributed by atoms with E-state index in [0.717, 1.165) is 13.0 Å². The van der Waals surface area contributed by atoms with Crippen LogP contribution in [-0.2, 0) is 12.0 Å². The lowest BCUT2D eigenvalue weighted by atomic mass is 9.95. The van der Waals surface area contributed by atoms with Crippen LogP contribution in [0, 0.1) is 0 Å². The van der Waals surface area contributed by atoms with Crippen LogP contribution in [0.25, 0.3) is 0 Å². The van der Waals surface area contributed by atoms with E-state index in [1.807, 2.05) is 11.3 Å². The fraction of sp³-hybridized carbons (Fsp3) is 0.714. The summed E-state index contributed by atoms with van der Waals surface area (Å²) < 4.78 is 0. The molecule has 1 heterocycles. The summed E-state index contributed by atoms with van der Waals surface area (Å²) in [6, 6.07) is 4.42. The van der Waals surface area contributed by atoms with Gasteiger partial charge in [-0.05, 0) is 37.8 Å². The molecule has 0 aliphatic carbocycles. The molecule has 98 valence electrons. The van der Waals surface area contributed by atoms with Crippen molar-refractivity contribution >= 4 is 11.3 Å². The Morgan fingerprint density at radius 2 is 1.82 bits per heavy atom. The first-order valence-electron chi connectivity index (χ1n) is 6.20. The number of hydrogen-bond acceptors (Lipinski definition) is 3. The van der Waals surface area contributed by atoms with Crippen LogP contribution in [0.5, 0.6) is 0 Å². The van der Waals surface area contributed by atoms with Crippen molar-refractivity contribution in [1.29, 1.82) is 0 Å². The van der Waals surface area contributed by atoms with E-state index in [-0.39, 0.29) is 17.6 Å². The highest BCUT2D eigenvalue weighted by atomic mass is 32.1. The van der Waals surface area contributed by atoms with Crippen LogP contribution >= 0.6 is 11.3 Å². The molecular weight excluding hydrogens is 230 g/mol. The van der Waals surface area contributed by atoms with Gasteiger partial charge in [0.15, 0.2) is 0 Å². The third-order valence-corrected chi connectivity index (χ3v) is 4.39. The molecule has 0 amide bonds. The molecule has 0 fully saturated rings. The highest BCUT2D eigenvalue weighted by molar-refractivity contribution is 7.12. The van der Waals surface area contributed by atoms with E-state index in [9.17, 15) is 0 Å². The Labute approximate surface area is 109 Å². The Kier molecular flexibility index (Phi) is 4.76. The molecule has 0 bridgehead atoms. The van der Waals surface area contributed by atoms with Gasteiger partial charge in [0.2, 0.25) is 0 Å². The van der Waals surface area contributed by atoms with Gasteiger partial charge < -0.3 is 10.4 Å². The minimum absolute atomic E-state index is 0.000631. The highest BCUT2D eigenvalue weighted by Crippen LogP contribution is 2.29. The van der Waals surface area contributed by atoms with Crippen molar-refractivity contribution in [3.8, 4) is 0 Å². The van der Waals surface area contributed by atoms with Crippen LogP contribution in [0.2, 0.25) is 0 Å². The highest BCUT2D eigenvalue weighted by Gasteiger charge is 2.18. The van der Waals surface area contributed by atoms with Crippen LogP contribution < -0.4 is 5.32 Å². The number of thiophene rings is 1. The maximum atomic E-state index is 8.97. The van der Waals surface area contributed by atoms with Crippen LogP contribution in [0.15, 0.2) is 12.1 Å². The lowest BCUT2D eigenvalue weighted by molar-refractivity contribution is 0.230. The molecule has 0 radical (unpaired) electrons. The van der Waals surface area contributed by atoms with Gasteiger partial charge in [0.05, 0.1) is 0 Å². The van der Waals surface area contributed by atoms with Gasteiger partial charge in [0.25, 0.3) is 0 Å². The molecule has 2 N–H and O–H groups in total. The van der Waals surface area contributed by atoms with Gasteiger partial charge in [-0.15, -0.1) is 11.3 Å². The van der Waals surface area contributed by atoms with Crippen molar-refractivity contribution in [3.05, 3.63) is 21.9 Å². The normalized spacial score (nSPS) is 13.1. The molecule has 17 heavy (non-hydrogen) atoms. The Hall–Kier alpha value is -0.380. The zero-order valence-electron chi connectivity index (χ0n) is 11.6. The molecule has 0 saturated heterocycles. The van der Waals surface area contributed by atoms with Gasteiger partial charge in [-0.25, -0.2) is 0 Å². The first-order chi connectivity index (χ1) is 7.74. The van der Waals surface area contributed by atoms with E-state index in [2.05, 4.69) is 52.1 Å². The number of aliphatic hydroxyl groups is 1. The summed E-state index contributed by atoms with van der Waals surface area (Å²) in [6.07, 6.45) is 0.782. The summed E-state index contributed by atoms with van der Waals surface area (Å²) in [5, 5.41) is 12.5. The minimum Gasteiger partial charge on any atom is -0.396 e. The quantitative estimate of drug-likeness (QED) is 0.846. The topological polar surface area (TPSA) is 32.3 Å². The molecule has 0 atom stereocenters. The van der Waals surface area contributed by atoms with Crippen LogP contribution in [0.4, 0.5) is 0 Å². The second-order valence-corrected chi connectivity index (χ2v) is 7.40. The molecule has 3 heteroatoms. The summed E-state index contributed by atoms with van der Waals surface area (Å²) in [7, 11) is 0. The van der Waals surface area contributed by atoms with E-state index < -0.39 is 0 Å². The molecule has 0 spiro atoms. The number of hydrogen-bond donors (Lipinski definition) is 2. The fourth-order valence-corrected chi connectivity index (χ4v) is 2.58. The number of nitrogens with one attached hydrogen (secondary N) is 1. The van der Waals surface area contributed by atoms with Crippen molar-refractivity contribution in [3.63, 3.8) is 0 Å². The standard InChI is InChI=1S/C14H25NOS/c1-13(2,3)12-7-6-11(17-12)10-15-14(4,5)8-9-16/h6-7,15-16H,8-10H2,1-5H3. The van der Waals surface area contributed by atoms with Crippen molar-refractivity contribution in [2.24, 2.45) is 0 Å². The van der Waals surface area contributed by atoms with Crippen LogP contribution in [-0.4, -0.2) is 17.3 Å². The minimum atomic E-state index is 0.000631. The summed E-state index contributed by atoms with van der Waals surface area (Å²) in [5.41, 5.74) is 0.240. The van der Waals surface area contributed by atoms with Crippen molar-refractivity contribution in [2.45, 2.75) is 58.5 Å².